The van der Waals surface area contributed by atoms with Crippen LogP contribution in [0.4, 0.5) is 0 Å². The molecule has 0 radical (unpaired) electrons. The summed E-state index contributed by atoms with van der Waals surface area (Å²) in [5.41, 5.74) is -2.25. The highest BCUT2D eigenvalue weighted by molar-refractivity contribution is 6.07. The van der Waals surface area contributed by atoms with Crippen LogP contribution in [0.5, 0.6) is 0 Å². The van der Waals surface area contributed by atoms with Crippen LogP contribution < -0.4 is 0 Å². The minimum Gasteiger partial charge on any atom is -0.373 e. The molecule has 0 fully saturated rings. The molecule has 1 amide bonds. The first-order valence-electron chi connectivity index (χ1n) is 2.54. The molecule has 0 aromatic carbocycles. The third-order valence-corrected chi connectivity index (χ3v) is 1.18. The quantitative estimate of drug-likeness (QED) is 0.424. The lowest BCUT2D eigenvalue weighted by Crippen LogP contribution is -2.40. The largest absolute Gasteiger partial charge is 0.373 e. The standard InChI is InChI=1S/C5H7NO4/c1-3(7)5(2,9)4(8)6-10/h9H,1-2H3/t5-/m1/s1. The predicted molar refractivity (Wildman–Crippen MR) is 32.1 cm³/mol. The first-order valence-corrected chi connectivity index (χ1v) is 2.54. The second-order valence-electron chi connectivity index (χ2n) is 2.02. The molecule has 0 aliphatic rings. The Kier molecular flexibility index (Phi) is 2.36. The lowest BCUT2D eigenvalue weighted by molar-refractivity contribution is -0.146. The van der Waals surface area contributed by atoms with Gasteiger partial charge in [0.15, 0.2) is 5.78 Å². The molecule has 5 nitrogen and oxygen atoms in total. The molecule has 5 heteroatoms. The van der Waals surface area contributed by atoms with Crippen LogP contribution in [-0.4, -0.2) is 22.4 Å². The van der Waals surface area contributed by atoms with Gasteiger partial charge in [-0.25, -0.2) is 0 Å². The van der Waals surface area contributed by atoms with E-state index >= 15 is 0 Å². The fourth-order valence-electron chi connectivity index (χ4n) is 0.239. The van der Waals surface area contributed by atoms with Gasteiger partial charge in [-0.3, -0.25) is 9.59 Å². The summed E-state index contributed by atoms with van der Waals surface area (Å²) >= 11 is 0. The number of rotatable bonds is 2. The summed E-state index contributed by atoms with van der Waals surface area (Å²) in [4.78, 5) is 30.3. The smallest absolute Gasteiger partial charge is 0.324 e. The first-order chi connectivity index (χ1) is 4.42. The van der Waals surface area contributed by atoms with Crippen molar-refractivity contribution in [2.45, 2.75) is 19.4 Å². The molecule has 1 atom stereocenters. The zero-order valence-electron chi connectivity index (χ0n) is 5.62. The van der Waals surface area contributed by atoms with Gasteiger partial charge in [-0.05, 0) is 13.8 Å². The number of amides is 1. The Bertz CT molecular complexity index is 184. The number of nitroso groups, excluding NO2 is 1. The third-order valence-electron chi connectivity index (χ3n) is 1.18. The minimum absolute atomic E-state index is 0.794. The highest BCUT2D eigenvalue weighted by atomic mass is 16.3. The lowest BCUT2D eigenvalue weighted by Gasteiger charge is -2.11. The highest BCUT2D eigenvalue weighted by Gasteiger charge is 2.36. The molecule has 0 saturated heterocycles. The van der Waals surface area contributed by atoms with E-state index in [1.165, 1.54) is 0 Å². The molecule has 0 aromatic heterocycles. The molecule has 0 heterocycles. The van der Waals surface area contributed by atoms with Crippen LogP contribution in [0.1, 0.15) is 13.8 Å². The van der Waals surface area contributed by atoms with Crippen molar-refractivity contribution < 1.29 is 14.7 Å². The van der Waals surface area contributed by atoms with Crippen molar-refractivity contribution in [1.82, 2.24) is 0 Å². The van der Waals surface area contributed by atoms with Crippen molar-refractivity contribution in [2.75, 3.05) is 0 Å². The van der Waals surface area contributed by atoms with Gasteiger partial charge in [-0.1, -0.05) is 0 Å². The van der Waals surface area contributed by atoms with Crippen LogP contribution in [0.25, 0.3) is 0 Å². The Morgan fingerprint density at radius 3 is 2.00 bits per heavy atom. The van der Waals surface area contributed by atoms with Crippen molar-refractivity contribution in [2.24, 2.45) is 5.18 Å². The van der Waals surface area contributed by atoms with E-state index in [0.29, 0.717) is 0 Å². The molecule has 0 bridgehead atoms. The van der Waals surface area contributed by atoms with Crippen LogP contribution in [0.15, 0.2) is 5.18 Å². The summed E-state index contributed by atoms with van der Waals surface area (Å²) in [6.07, 6.45) is 0. The molecule has 0 spiro atoms. The zero-order valence-corrected chi connectivity index (χ0v) is 5.62. The average Bonchev–Trinajstić information content (AvgIpc) is 1.86. The predicted octanol–water partition coefficient (Wildman–Crippen LogP) is -0.381. The Labute approximate surface area is 57.0 Å². The molecule has 0 aliphatic carbocycles. The van der Waals surface area contributed by atoms with Gasteiger partial charge in [0.2, 0.25) is 5.60 Å². The monoisotopic (exact) mass is 145 g/mol. The van der Waals surface area contributed by atoms with Crippen LogP contribution in [-0.2, 0) is 9.59 Å². The van der Waals surface area contributed by atoms with E-state index < -0.39 is 17.3 Å². The molecule has 0 unspecified atom stereocenters. The van der Waals surface area contributed by atoms with E-state index in [-0.39, 0.29) is 0 Å². The number of carbonyl (C=O) groups is 2. The Hall–Kier alpha value is -1.10. The summed E-state index contributed by atoms with van der Waals surface area (Å²) in [5.74, 6) is -2.16. The Morgan fingerprint density at radius 1 is 1.50 bits per heavy atom. The van der Waals surface area contributed by atoms with Gasteiger partial charge in [0.1, 0.15) is 0 Å². The van der Waals surface area contributed by atoms with Gasteiger partial charge in [0.05, 0.1) is 0 Å². The maximum atomic E-state index is 10.4. The van der Waals surface area contributed by atoms with E-state index in [2.05, 4.69) is 0 Å². The molecule has 0 rings (SSSR count). The maximum Gasteiger partial charge on any atom is 0.324 e. The van der Waals surface area contributed by atoms with Crippen molar-refractivity contribution in [1.29, 1.82) is 0 Å². The summed E-state index contributed by atoms with van der Waals surface area (Å²) < 4.78 is 0. The Morgan fingerprint density at radius 2 is 1.90 bits per heavy atom. The van der Waals surface area contributed by atoms with Gasteiger partial charge in [-0.15, -0.1) is 4.91 Å². The van der Waals surface area contributed by atoms with Gasteiger partial charge in [0, 0.05) is 5.18 Å². The summed E-state index contributed by atoms with van der Waals surface area (Å²) in [6.45, 7) is 1.93. The van der Waals surface area contributed by atoms with Gasteiger partial charge < -0.3 is 5.11 Å². The number of ketones is 1. The zero-order chi connectivity index (χ0) is 8.36. The fourth-order valence-corrected chi connectivity index (χ4v) is 0.239. The molecular weight excluding hydrogens is 138 g/mol. The molecular formula is C5H7NO4. The normalized spacial score (nSPS) is 15.5. The summed E-state index contributed by atoms with van der Waals surface area (Å²) in [7, 11) is 0. The number of hydrogen-bond acceptors (Lipinski definition) is 4. The summed E-state index contributed by atoms with van der Waals surface area (Å²) in [5, 5.41) is 10.8. The van der Waals surface area contributed by atoms with Crippen LogP contribution in [0.3, 0.4) is 0 Å². The molecule has 56 valence electrons. The molecule has 0 aromatic rings. The summed E-state index contributed by atoms with van der Waals surface area (Å²) in [6, 6.07) is 0. The second-order valence-corrected chi connectivity index (χ2v) is 2.02. The van der Waals surface area contributed by atoms with Crippen LogP contribution in [0, 0.1) is 4.91 Å². The van der Waals surface area contributed by atoms with Gasteiger partial charge in [0.25, 0.3) is 0 Å². The van der Waals surface area contributed by atoms with Gasteiger partial charge >= 0.3 is 5.91 Å². The first kappa shape index (κ1) is 8.90. The fraction of sp³-hybridized carbons (Fsp3) is 0.600. The van der Waals surface area contributed by atoms with Crippen molar-refractivity contribution in [3.63, 3.8) is 0 Å². The topological polar surface area (TPSA) is 83.8 Å². The van der Waals surface area contributed by atoms with Gasteiger partial charge in [-0.2, -0.15) is 0 Å². The lowest BCUT2D eigenvalue weighted by atomic mass is 10.0. The van der Waals surface area contributed by atoms with E-state index in [4.69, 9.17) is 5.11 Å². The second kappa shape index (κ2) is 2.66. The van der Waals surface area contributed by atoms with Crippen molar-refractivity contribution in [3.05, 3.63) is 4.91 Å². The molecule has 0 saturated carbocycles. The third kappa shape index (κ3) is 1.44. The maximum absolute atomic E-state index is 10.4. The Balaban J connectivity index is 4.55. The molecule has 10 heavy (non-hydrogen) atoms. The van der Waals surface area contributed by atoms with Crippen molar-refractivity contribution in [3.8, 4) is 0 Å². The number of nitrogens with zero attached hydrogens (tertiary/aromatic N) is 1. The number of Topliss-reactive ketones (excluding diaryl/α,β-unsaturated/α-hetero) is 1. The van der Waals surface area contributed by atoms with E-state index in [9.17, 15) is 14.5 Å². The number of carbonyl (C=O) groups excluding carboxylic acids is 2. The average molecular weight is 145 g/mol. The minimum atomic E-state index is -2.25. The van der Waals surface area contributed by atoms with Crippen molar-refractivity contribution >= 4 is 11.7 Å². The molecule has 0 aliphatic heterocycles. The van der Waals surface area contributed by atoms with Crippen LogP contribution in [0.2, 0.25) is 0 Å². The SMILES string of the molecule is CC(=O)[C@@](C)(O)C(=O)N=O. The van der Waals surface area contributed by atoms with E-state index in [1.807, 2.05) is 5.18 Å². The van der Waals surface area contributed by atoms with Crippen LogP contribution >= 0.6 is 0 Å². The highest BCUT2D eigenvalue weighted by Crippen LogP contribution is 2.06. The van der Waals surface area contributed by atoms with E-state index in [0.717, 1.165) is 13.8 Å². The number of aliphatic hydroxyl groups is 1. The molecule has 1 N–H and O–H groups in total. The number of hydrogen-bond donors (Lipinski definition) is 1. The van der Waals surface area contributed by atoms with E-state index in [1.54, 1.807) is 0 Å².